The van der Waals surface area contributed by atoms with Crippen LogP contribution in [0.5, 0.6) is 0 Å². The molecule has 4 heteroatoms. The van der Waals surface area contributed by atoms with Crippen molar-refractivity contribution in [1.29, 1.82) is 0 Å². The van der Waals surface area contributed by atoms with Crippen molar-refractivity contribution >= 4 is 29.4 Å². The molecule has 0 aromatic heterocycles. The van der Waals surface area contributed by atoms with Crippen LogP contribution in [0.2, 0.25) is 0 Å². The fourth-order valence-corrected chi connectivity index (χ4v) is 3.92. The van der Waals surface area contributed by atoms with E-state index in [9.17, 15) is 0 Å². The van der Waals surface area contributed by atoms with E-state index in [0.29, 0.717) is 0 Å². The van der Waals surface area contributed by atoms with Gasteiger partial charge < -0.3 is 4.90 Å². The Kier molecular flexibility index (Phi) is 7.32. The van der Waals surface area contributed by atoms with Crippen molar-refractivity contribution in [3.8, 4) is 0 Å². The molecule has 164 valence electrons. The number of hydrogen-bond acceptors (Lipinski definition) is 4. The van der Waals surface area contributed by atoms with Crippen LogP contribution in [-0.2, 0) is 6.42 Å². The minimum absolute atomic E-state index is 0.722. The number of hydrazone groups is 1. The highest BCUT2D eigenvalue weighted by atomic mass is 15.5. The lowest BCUT2D eigenvalue weighted by atomic mass is 9.98. The predicted octanol–water partition coefficient (Wildman–Crippen LogP) is 6.54. The van der Waals surface area contributed by atoms with Crippen LogP contribution in [0.1, 0.15) is 51.2 Å². The van der Waals surface area contributed by atoms with Crippen molar-refractivity contribution in [1.82, 2.24) is 5.01 Å². The molecule has 2 aliphatic rings. The first kappa shape index (κ1) is 22.8. The molecule has 1 saturated carbocycles. The average molecular weight is 417 g/mol. The van der Waals surface area contributed by atoms with Crippen LogP contribution in [0.3, 0.4) is 0 Å². The van der Waals surface area contributed by atoms with Gasteiger partial charge in [0.1, 0.15) is 0 Å². The number of aliphatic imine (C=N–C) groups is 1. The Bertz CT molecular complexity index is 960. The van der Waals surface area contributed by atoms with Gasteiger partial charge in [0.15, 0.2) is 0 Å². The van der Waals surface area contributed by atoms with Crippen molar-refractivity contribution in [2.75, 3.05) is 25.0 Å². The first-order chi connectivity index (χ1) is 14.9. The van der Waals surface area contributed by atoms with Crippen LogP contribution in [0.4, 0.5) is 11.4 Å². The fourth-order valence-electron chi connectivity index (χ4n) is 3.92. The lowest BCUT2D eigenvalue weighted by Gasteiger charge is -2.31. The number of aryl methyl sites for hydroxylation is 1. The third-order valence-corrected chi connectivity index (χ3v) is 5.96. The molecule has 0 atom stereocenters. The van der Waals surface area contributed by atoms with Gasteiger partial charge in [0.05, 0.1) is 29.3 Å². The van der Waals surface area contributed by atoms with Gasteiger partial charge in [-0.1, -0.05) is 33.1 Å². The summed E-state index contributed by atoms with van der Waals surface area (Å²) in [7, 11) is 2.13. The van der Waals surface area contributed by atoms with Crippen molar-refractivity contribution in [3.63, 3.8) is 0 Å². The summed E-state index contributed by atoms with van der Waals surface area (Å²) in [6.45, 7) is 20.3. The summed E-state index contributed by atoms with van der Waals surface area (Å²) in [5.74, 6) is 0.734. The summed E-state index contributed by atoms with van der Waals surface area (Å²) < 4.78 is 0. The number of allylic oxidation sites excluding steroid dienone is 5. The van der Waals surface area contributed by atoms with Gasteiger partial charge in [-0.3, -0.25) is 10.0 Å². The highest BCUT2D eigenvalue weighted by Crippen LogP contribution is 2.37. The van der Waals surface area contributed by atoms with Gasteiger partial charge in [-0.15, -0.1) is 0 Å². The van der Waals surface area contributed by atoms with Crippen molar-refractivity contribution in [2.24, 2.45) is 16.0 Å². The van der Waals surface area contributed by atoms with Gasteiger partial charge in [0, 0.05) is 13.6 Å². The van der Waals surface area contributed by atoms with Gasteiger partial charge in [-0.2, -0.15) is 5.10 Å². The summed E-state index contributed by atoms with van der Waals surface area (Å²) >= 11 is 0. The lowest BCUT2D eigenvalue weighted by Crippen LogP contribution is -2.31. The molecule has 31 heavy (non-hydrogen) atoms. The fraction of sp³-hybridized carbons (Fsp3) is 0.407. The number of rotatable bonds is 9. The molecule has 0 amide bonds. The average Bonchev–Trinajstić information content (AvgIpc) is 3.58. The molecule has 1 aliphatic heterocycles. The van der Waals surface area contributed by atoms with Crippen molar-refractivity contribution < 1.29 is 0 Å². The SMILES string of the molecule is C=Nc1cc(C(=C)CC)cc(CC)c1N(C)C/C1=C/C(=C)/C=C\C(C)=N/N1CC1CC1. The van der Waals surface area contributed by atoms with E-state index in [1.165, 1.54) is 18.4 Å². The third-order valence-electron chi connectivity index (χ3n) is 5.96. The van der Waals surface area contributed by atoms with E-state index < -0.39 is 0 Å². The number of likely N-dealkylation sites (N-methyl/N-ethyl adjacent to an activating group) is 1. The van der Waals surface area contributed by atoms with E-state index in [1.807, 2.05) is 19.1 Å². The largest absolute Gasteiger partial charge is 0.367 e. The van der Waals surface area contributed by atoms with Crippen LogP contribution in [0.25, 0.3) is 5.57 Å². The molecular weight excluding hydrogens is 380 g/mol. The molecule has 0 spiro atoms. The summed E-state index contributed by atoms with van der Waals surface area (Å²) in [4.78, 5) is 6.66. The maximum absolute atomic E-state index is 4.89. The molecule has 0 unspecified atom stereocenters. The second-order valence-corrected chi connectivity index (χ2v) is 8.64. The van der Waals surface area contributed by atoms with Crippen LogP contribution in [-0.4, -0.2) is 37.6 Å². The van der Waals surface area contributed by atoms with Gasteiger partial charge in [0.2, 0.25) is 0 Å². The zero-order valence-corrected chi connectivity index (χ0v) is 19.6. The zero-order valence-electron chi connectivity index (χ0n) is 19.6. The molecule has 0 N–H and O–H groups in total. The Morgan fingerprint density at radius 1 is 1.26 bits per heavy atom. The van der Waals surface area contributed by atoms with E-state index in [2.05, 4.69) is 73.9 Å². The van der Waals surface area contributed by atoms with Gasteiger partial charge in [-0.25, -0.2) is 0 Å². The minimum atomic E-state index is 0.722. The highest BCUT2D eigenvalue weighted by molar-refractivity contribution is 5.93. The first-order valence-corrected chi connectivity index (χ1v) is 11.3. The van der Waals surface area contributed by atoms with E-state index >= 15 is 0 Å². The molecule has 0 bridgehead atoms. The summed E-state index contributed by atoms with van der Waals surface area (Å²) in [5, 5.41) is 7.07. The number of nitrogens with zero attached hydrogens (tertiary/aromatic N) is 4. The van der Waals surface area contributed by atoms with Gasteiger partial charge >= 0.3 is 0 Å². The topological polar surface area (TPSA) is 31.2 Å². The standard InChI is InChI=1S/C27H36N4/c1-8-20(4)24-15-23(9-2)27(26(16-24)28-6)30(7)18-25-14-19(3)10-11-21(5)29-31(25)17-22-12-13-22/h10-11,14-16,22H,3-4,6,8-9,12-13,17-18H2,1-2,5,7H3/b11-10-,25-14-,29-21-. The molecule has 3 rings (SSSR count). The number of benzene rings is 1. The zero-order chi connectivity index (χ0) is 22.5. The summed E-state index contributed by atoms with van der Waals surface area (Å²) in [5.41, 5.74) is 8.72. The van der Waals surface area contributed by atoms with E-state index in [0.717, 1.165) is 71.3 Å². The quantitative estimate of drug-likeness (QED) is 0.428. The van der Waals surface area contributed by atoms with Crippen molar-refractivity contribution in [3.05, 3.63) is 65.9 Å². The first-order valence-electron chi connectivity index (χ1n) is 11.3. The maximum atomic E-state index is 4.89. The van der Waals surface area contributed by atoms with E-state index in [-0.39, 0.29) is 0 Å². The number of hydrogen-bond donors (Lipinski definition) is 0. The second kappa shape index (κ2) is 9.95. The minimum Gasteiger partial charge on any atom is -0.367 e. The number of anilines is 1. The molecule has 1 aromatic rings. The Balaban J connectivity index is 1.97. The maximum Gasteiger partial charge on any atom is 0.0864 e. The predicted molar refractivity (Wildman–Crippen MR) is 137 cm³/mol. The second-order valence-electron chi connectivity index (χ2n) is 8.64. The van der Waals surface area contributed by atoms with Crippen LogP contribution < -0.4 is 4.90 Å². The smallest absolute Gasteiger partial charge is 0.0864 e. The van der Waals surface area contributed by atoms with E-state index in [4.69, 9.17) is 5.10 Å². The van der Waals surface area contributed by atoms with Crippen LogP contribution in [0.15, 0.2) is 64.9 Å². The third kappa shape index (κ3) is 5.63. The molecule has 1 fully saturated rings. The highest BCUT2D eigenvalue weighted by Gasteiger charge is 2.27. The molecule has 4 nitrogen and oxygen atoms in total. The molecule has 1 aliphatic carbocycles. The van der Waals surface area contributed by atoms with Crippen LogP contribution >= 0.6 is 0 Å². The summed E-state index contributed by atoms with van der Waals surface area (Å²) in [6, 6.07) is 4.37. The Morgan fingerprint density at radius 3 is 2.61 bits per heavy atom. The molecule has 0 saturated heterocycles. The van der Waals surface area contributed by atoms with Gasteiger partial charge in [0.25, 0.3) is 0 Å². The normalized spacial score (nSPS) is 20.8. The lowest BCUT2D eigenvalue weighted by molar-refractivity contribution is 0.342. The Labute approximate surface area is 188 Å². The van der Waals surface area contributed by atoms with E-state index in [1.54, 1.807) is 0 Å². The molecule has 1 heterocycles. The van der Waals surface area contributed by atoms with Gasteiger partial charge in [-0.05, 0) is 91.8 Å². The Hall–Kier alpha value is -2.88. The van der Waals surface area contributed by atoms with Crippen LogP contribution in [0, 0.1) is 5.92 Å². The molecule has 0 radical (unpaired) electrons. The monoisotopic (exact) mass is 416 g/mol. The molecule has 1 aromatic carbocycles. The Morgan fingerprint density at radius 2 is 2.00 bits per heavy atom. The van der Waals surface area contributed by atoms with Crippen molar-refractivity contribution in [2.45, 2.75) is 46.5 Å². The summed E-state index contributed by atoms with van der Waals surface area (Å²) in [6.07, 6.45) is 10.7. The molecular formula is C27H36N4.